The van der Waals surface area contributed by atoms with Crippen LogP contribution in [0.25, 0.3) is 0 Å². The summed E-state index contributed by atoms with van der Waals surface area (Å²) in [6, 6.07) is 26.7. The van der Waals surface area contributed by atoms with Gasteiger partial charge in [-0.2, -0.15) is 0 Å². The molecule has 2 amide bonds. The second kappa shape index (κ2) is 17.9. The highest BCUT2D eigenvalue weighted by atomic mass is 79.9. The molecular weight excluding hydrogens is 722 g/mol. The van der Waals surface area contributed by atoms with Crippen LogP contribution in [0.15, 0.2) is 106 Å². The molecule has 0 saturated heterocycles. The number of halogens is 1. The molecule has 50 heavy (non-hydrogen) atoms. The molecule has 0 aromatic heterocycles. The molecule has 4 aromatic rings. The summed E-state index contributed by atoms with van der Waals surface area (Å²) in [6.07, 6.45) is 0.218. The molecule has 0 radical (unpaired) electrons. The topological polar surface area (TPSA) is 114 Å². The van der Waals surface area contributed by atoms with Gasteiger partial charge in [0.15, 0.2) is 11.5 Å². The quantitative estimate of drug-likeness (QED) is 0.131. The highest BCUT2D eigenvalue weighted by Gasteiger charge is 2.35. The van der Waals surface area contributed by atoms with Crippen LogP contribution in [0.3, 0.4) is 0 Å². The van der Waals surface area contributed by atoms with Crippen molar-refractivity contribution in [2.24, 2.45) is 5.92 Å². The minimum absolute atomic E-state index is 0.0540. The highest BCUT2D eigenvalue weighted by Crippen LogP contribution is 2.33. The summed E-state index contributed by atoms with van der Waals surface area (Å²) >= 11 is 3.51. The van der Waals surface area contributed by atoms with Crippen LogP contribution in [0.4, 0.5) is 5.69 Å². The Bertz CT molecular complexity index is 1840. The van der Waals surface area contributed by atoms with Gasteiger partial charge in [0.25, 0.3) is 10.0 Å². The molecule has 0 aliphatic carbocycles. The molecule has 0 heterocycles. The summed E-state index contributed by atoms with van der Waals surface area (Å²) in [5, 5.41) is 3.00. The predicted octanol–water partition coefficient (Wildman–Crippen LogP) is 6.47. The van der Waals surface area contributed by atoms with Gasteiger partial charge in [-0.05, 0) is 72.5 Å². The third-order valence-corrected chi connectivity index (χ3v) is 10.1. The fourth-order valence-corrected chi connectivity index (χ4v) is 7.19. The summed E-state index contributed by atoms with van der Waals surface area (Å²) in [6.45, 7) is 6.13. The van der Waals surface area contributed by atoms with Gasteiger partial charge in [0.05, 0.1) is 31.4 Å². The van der Waals surface area contributed by atoms with Gasteiger partial charge in [0, 0.05) is 30.0 Å². The van der Waals surface area contributed by atoms with Gasteiger partial charge in [-0.15, -0.1) is 0 Å². The Morgan fingerprint density at radius 2 is 1.52 bits per heavy atom. The number of amides is 2. The highest BCUT2D eigenvalue weighted by molar-refractivity contribution is 9.10. The van der Waals surface area contributed by atoms with E-state index >= 15 is 0 Å². The van der Waals surface area contributed by atoms with E-state index in [1.54, 1.807) is 24.3 Å². The standard InChI is InChI=1S/C38H44BrN3O7S/c1-6-49-32-17-15-31(16-18-32)42(50(45,46)33-19-20-35(47-4)36(23-33)48-5)26-37(43)41(25-29-13-10-14-30(39)21-29)34(38(44)40-24-27(2)3)22-28-11-8-7-9-12-28/h7-21,23,27,34H,6,22,24-26H2,1-5H3,(H,40,44)/t34-/m1/s1. The van der Waals surface area contributed by atoms with E-state index in [2.05, 4.69) is 21.2 Å². The third-order valence-electron chi connectivity index (χ3n) is 7.86. The number of carbonyl (C=O) groups is 2. The normalized spacial score (nSPS) is 11.8. The zero-order valence-electron chi connectivity index (χ0n) is 29.0. The van der Waals surface area contributed by atoms with Crippen molar-refractivity contribution in [3.8, 4) is 17.2 Å². The van der Waals surface area contributed by atoms with Gasteiger partial charge in [0.2, 0.25) is 11.8 Å². The number of ether oxygens (including phenoxy) is 3. The lowest BCUT2D eigenvalue weighted by atomic mass is 10.0. The number of sulfonamides is 1. The van der Waals surface area contributed by atoms with E-state index in [1.165, 1.54) is 37.3 Å². The molecule has 0 aliphatic rings. The smallest absolute Gasteiger partial charge is 0.264 e. The fourth-order valence-electron chi connectivity index (χ4n) is 5.32. The van der Waals surface area contributed by atoms with E-state index in [4.69, 9.17) is 14.2 Å². The average Bonchev–Trinajstić information content (AvgIpc) is 3.11. The first-order chi connectivity index (χ1) is 24.0. The molecule has 4 rings (SSSR count). The summed E-state index contributed by atoms with van der Waals surface area (Å²) in [4.78, 5) is 30.1. The molecule has 0 spiro atoms. The Morgan fingerprint density at radius 1 is 0.840 bits per heavy atom. The van der Waals surface area contributed by atoms with Crippen molar-refractivity contribution in [1.29, 1.82) is 0 Å². The Kier molecular flexibility index (Phi) is 13.7. The number of carbonyl (C=O) groups excluding carboxylic acids is 2. The van der Waals surface area contributed by atoms with Crippen LogP contribution >= 0.6 is 15.9 Å². The van der Waals surface area contributed by atoms with E-state index in [0.29, 0.717) is 24.7 Å². The number of rotatable bonds is 17. The molecule has 0 saturated carbocycles. The molecular formula is C38H44BrN3O7S. The molecule has 4 aromatic carbocycles. The van der Waals surface area contributed by atoms with Crippen molar-refractivity contribution in [1.82, 2.24) is 10.2 Å². The van der Waals surface area contributed by atoms with Crippen LogP contribution in [-0.4, -0.2) is 65.1 Å². The van der Waals surface area contributed by atoms with Crippen molar-refractivity contribution in [3.05, 3.63) is 113 Å². The minimum Gasteiger partial charge on any atom is -0.494 e. The van der Waals surface area contributed by atoms with Crippen molar-refractivity contribution in [2.45, 2.75) is 44.7 Å². The zero-order chi connectivity index (χ0) is 36.3. The van der Waals surface area contributed by atoms with Gasteiger partial charge in [-0.3, -0.25) is 13.9 Å². The Morgan fingerprint density at radius 3 is 2.14 bits per heavy atom. The first-order valence-electron chi connectivity index (χ1n) is 16.3. The van der Waals surface area contributed by atoms with Gasteiger partial charge in [-0.1, -0.05) is 72.2 Å². The number of anilines is 1. The van der Waals surface area contributed by atoms with Crippen molar-refractivity contribution in [2.75, 3.05) is 38.2 Å². The Hall–Kier alpha value is -4.55. The predicted molar refractivity (Wildman–Crippen MR) is 198 cm³/mol. The van der Waals surface area contributed by atoms with E-state index in [-0.39, 0.29) is 41.1 Å². The number of nitrogens with zero attached hydrogens (tertiary/aromatic N) is 2. The van der Waals surface area contributed by atoms with Gasteiger partial charge in [0.1, 0.15) is 18.3 Å². The summed E-state index contributed by atoms with van der Waals surface area (Å²) in [7, 11) is -1.50. The zero-order valence-corrected chi connectivity index (χ0v) is 31.4. The van der Waals surface area contributed by atoms with Crippen LogP contribution in [0, 0.1) is 5.92 Å². The number of methoxy groups -OCH3 is 2. The number of benzene rings is 4. The van der Waals surface area contributed by atoms with Crippen LogP contribution < -0.4 is 23.8 Å². The molecule has 10 nitrogen and oxygen atoms in total. The number of hydrogen-bond acceptors (Lipinski definition) is 7. The maximum absolute atomic E-state index is 14.7. The first kappa shape index (κ1) is 38.3. The van der Waals surface area contributed by atoms with Crippen LogP contribution in [-0.2, 0) is 32.6 Å². The minimum atomic E-state index is -4.37. The van der Waals surface area contributed by atoms with E-state index in [1.807, 2.05) is 75.4 Å². The van der Waals surface area contributed by atoms with Crippen molar-refractivity contribution < 1.29 is 32.2 Å². The molecule has 0 unspecified atom stereocenters. The fraction of sp³-hybridized carbons (Fsp3) is 0.316. The van der Waals surface area contributed by atoms with Gasteiger partial charge < -0.3 is 24.4 Å². The second-order valence-electron chi connectivity index (χ2n) is 12.0. The molecule has 0 bridgehead atoms. The average molecular weight is 767 g/mol. The summed E-state index contributed by atoms with van der Waals surface area (Å²) in [5.74, 6) is 0.392. The van der Waals surface area contributed by atoms with Crippen LogP contribution in [0.2, 0.25) is 0 Å². The maximum Gasteiger partial charge on any atom is 0.264 e. The molecule has 1 N–H and O–H groups in total. The maximum atomic E-state index is 14.7. The summed E-state index contributed by atoms with van der Waals surface area (Å²) in [5.41, 5.74) is 1.85. The Labute approximate surface area is 303 Å². The number of nitrogens with one attached hydrogen (secondary N) is 1. The third kappa shape index (κ3) is 10.0. The number of hydrogen-bond donors (Lipinski definition) is 1. The molecule has 0 fully saturated rings. The second-order valence-corrected chi connectivity index (χ2v) is 14.7. The van der Waals surface area contributed by atoms with Crippen LogP contribution in [0.5, 0.6) is 17.2 Å². The lowest BCUT2D eigenvalue weighted by molar-refractivity contribution is -0.140. The lowest BCUT2D eigenvalue weighted by Crippen LogP contribution is -2.53. The van der Waals surface area contributed by atoms with Crippen molar-refractivity contribution in [3.63, 3.8) is 0 Å². The van der Waals surface area contributed by atoms with Gasteiger partial charge in [-0.25, -0.2) is 8.42 Å². The molecule has 0 aliphatic heterocycles. The van der Waals surface area contributed by atoms with Crippen molar-refractivity contribution >= 4 is 43.5 Å². The molecule has 12 heteroatoms. The van der Waals surface area contributed by atoms with E-state index in [9.17, 15) is 18.0 Å². The van der Waals surface area contributed by atoms with E-state index < -0.39 is 28.5 Å². The largest absolute Gasteiger partial charge is 0.494 e. The monoisotopic (exact) mass is 765 g/mol. The SMILES string of the molecule is CCOc1ccc(N(CC(=O)N(Cc2cccc(Br)c2)[C@H](Cc2ccccc2)C(=O)NCC(C)C)S(=O)(=O)c2ccc(OC)c(OC)c2)cc1. The summed E-state index contributed by atoms with van der Waals surface area (Å²) < 4.78 is 47.1. The molecule has 1 atom stereocenters. The Balaban J connectivity index is 1.83. The van der Waals surface area contributed by atoms with E-state index in [0.717, 1.165) is 19.9 Å². The van der Waals surface area contributed by atoms with Crippen LogP contribution in [0.1, 0.15) is 31.9 Å². The lowest BCUT2D eigenvalue weighted by Gasteiger charge is -2.34. The van der Waals surface area contributed by atoms with Gasteiger partial charge >= 0.3 is 0 Å². The molecule has 266 valence electrons. The first-order valence-corrected chi connectivity index (χ1v) is 18.5.